The second kappa shape index (κ2) is 10.4. The van der Waals surface area contributed by atoms with Crippen molar-refractivity contribution in [2.45, 2.75) is 33.6 Å². The predicted octanol–water partition coefficient (Wildman–Crippen LogP) is 4.28. The number of benzene rings is 1. The average Bonchev–Trinajstić information content (AvgIpc) is 2.42. The molecular formula is C17H28BrNO. The fourth-order valence-electron chi connectivity index (χ4n) is 2.15. The number of nitrogens with one attached hydrogen (secondary N) is 1. The summed E-state index contributed by atoms with van der Waals surface area (Å²) in [5, 5.41) is 3.46. The second-order valence-electron chi connectivity index (χ2n) is 5.76. The van der Waals surface area contributed by atoms with Crippen LogP contribution < -0.4 is 5.32 Å². The van der Waals surface area contributed by atoms with Crippen molar-refractivity contribution in [1.29, 1.82) is 0 Å². The summed E-state index contributed by atoms with van der Waals surface area (Å²) in [5.41, 5.74) is 1.40. The molecule has 0 aliphatic rings. The van der Waals surface area contributed by atoms with Crippen molar-refractivity contribution in [2.24, 2.45) is 11.8 Å². The lowest BCUT2D eigenvalue weighted by Gasteiger charge is -2.18. The first kappa shape index (κ1) is 17.7. The summed E-state index contributed by atoms with van der Waals surface area (Å²) in [5.74, 6) is 1.26. The molecule has 0 saturated heterocycles. The Balaban J connectivity index is 2.40. The average molecular weight is 342 g/mol. The molecule has 0 aromatic heterocycles. The molecule has 0 fully saturated rings. The van der Waals surface area contributed by atoms with Crippen LogP contribution in [0.15, 0.2) is 28.7 Å². The molecule has 0 bridgehead atoms. The number of hydrogen-bond acceptors (Lipinski definition) is 2. The zero-order chi connectivity index (χ0) is 14.8. The van der Waals surface area contributed by atoms with Gasteiger partial charge in [0.2, 0.25) is 0 Å². The highest BCUT2D eigenvalue weighted by Crippen LogP contribution is 2.16. The molecule has 1 unspecified atom stereocenters. The number of halogens is 1. The lowest BCUT2D eigenvalue weighted by Crippen LogP contribution is -2.25. The predicted molar refractivity (Wildman–Crippen MR) is 90.2 cm³/mol. The molecular weight excluding hydrogens is 314 g/mol. The van der Waals surface area contributed by atoms with Crippen molar-refractivity contribution in [3.8, 4) is 0 Å². The number of hydrogen-bond donors (Lipinski definition) is 1. The van der Waals surface area contributed by atoms with E-state index in [4.69, 9.17) is 4.74 Å². The van der Waals surface area contributed by atoms with Crippen molar-refractivity contribution >= 4 is 15.9 Å². The summed E-state index contributed by atoms with van der Waals surface area (Å²) in [6.07, 6.45) is 2.24. The van der Waals surface area contributed by atoms with Gasteiger partial charge in [0.1, 0.15) is 0 Å². The van der Waals surface area contributed by atoms with Crippen LogP contribution in [0.4, 0.5) is 0 Å². The molecule has 1 aromatic rings. The zero-order valence-corrected chi connectivity index (χ0v) is 14.6. The van der Waals surface area contributed by atoms with Gasteiger partial charge in [0.05, 0.1) is 0 Å². The van der Waals surface area contributed by atoms with E-state index in [0.29, 0.717) is 11.8 Å². The van der Waals surface area contributed by atoms with Gasteiger partial charge in [0.25, 0.3) is 0 Å². The molecule has 1 N–H and O–H groups in total. The van der Waals surface area contributed by atoms with Crippen LogP contribution in [0.25, 0.3) is 0 Å². The van der Waals surface area contributed by atoms with E-state index in [9.17, 15) is 0 Å². The Labute approximate surface area is 132 Å². The van der Waals surface area contributed by atoms with E-state index in [1.54, 1.807) is 0 Å². The first-order chi connectivity index (χ1) is 9.61. The third-order valence-electron chi connectivity index (χ3n) is 3.24. The molecule has 0 amide bonds. The van der Waals surface area contributed by atoms with E-state index in [2.05, 4.69) is 66.3 Å². The molecule has 1 atom stereocenters. The molecule has 0 aliphatic carbocycles. The minimum Gasteiger partial charge on any atom is -0.381 e. The lowest BCUT2D eigenvalue weighted by molar-refractivity contribution is 0.0976. The van der Waals surface area contributed by atoms with Crippen molar-refractivity contribution in [3.63, 3.8) is 0 Å². The Kier molecular flexibility index (Phi) is 9.16. The number of rotatable bonds is 10. The Hall–Kier alpha value is -0.380. The Bertz CT molecular complexity index is 351. The standard InChI is InChI=1S/C17H28BrNO/c1-4-19-12-16(9-10-20-13-14(2)3)11-15-5-7-17(18)8-6-15/h5-8,14,16,19H,4,9-13H2,1-3H3. The SMILES string of the molecule is CCNCC(CCOCC(C)C)Cc1ccc(Br)cc1. The molecule has 0 radical (unpaired) electrons. The molecule has 1 aromatic carbocycles. The van der Waals surface area contributed by atoms with Crippen LogP contribution in [0.3, 0.4) is 0 Å². The van der Waals surface area contributed by atoms with E-state index in [0.717, 1.165) is 43.6 Å². The van der Waals surface area contributed by atoms with Gasteiger partial charge in [-0.2, -0.15) is 0 Å². The minimum absolute atomic E-state index is 0.619. The van der Waals surface area contributed by atoms with Crippen LogP contribution in [0.5, 0.6) is 0 Å². The summed E-state index contributed by atoms with van der Waals surface area (Å²) >= 11 is 3.49. The van der Waals surface area contributed by atoms with Gasteiger partial charge in [0, 0.05) is 17.7 Å². The number of ether oxygens (including phenoxy) is 1. The lowest BCUT2D eigenvalue weighted by atomic mass is 9.96. The summed E-state index contributed by atoms with van der Waals surface area (Å²) in [6.45, 7) is 10.4. The Morgan fingerprint density at radius 3 is 2.50 bits per heavy atom. The minimum atomic E-state index is 0.619. The third kappa shape index (κ3) is 8.03. The van der Waals surface area contributed by atoms with Gasteiger partial charge in [-0.1, -0.05) is 48.8 Å². The summed E-state index contributed by atoms with van der Waals surface area (Å²) in [7, 11) is 0. The second-order valence-corrected chi connectivity index (χ2v) is 6.68. The van der Waals surface area contributed by atoms with Gasteiger partial charge >= 0.3 is 0 Å². The first-order valence-electron chi connectivity index (χ1n) is 7.64. The maximum absolute atomic E-state index is 5.73. The molecule has 2 nitrogen and oxygen atoms in total. The monoisotopic (exact) mass is 341 g/mol. The smallest absolute Gasteiger partial charge is 0.0488 e. The Morgan fingerprint density at radius 2 is 1.90 bits per heavy atom. The summed E-state index contributed by atoms with van der Waals surface area (Å²) in [4.78, 5) is 0. The molecule has 0 saturated carbocycles. The van der Waals surface area contributed by atoms with Crippen molar-refractivity contribution < 1.29 is 4.74 Å². The van der Waals surface area contributed by atoms with E-state index < -0.39 is 0 Å². The molecule has 1 rings (SSSR count). The highest BCUT2D eigenvalue weighted by molar-refractivity contribution is 9.10. The van der Waals surface area contributed by atoms with Crippen LogP contribution in [0.1, 0.15) is 32.8 Å². The van der Waals surface area contributed by atoms with Crippen molar-refractivity contribution in [3.05, 3.63) is 34.3 Å². The van der Waals surface area contributed by atoms with E-state index >= 15 is 0 Å². The van der Waals surface area contributed by atoms with E-state index in [-0.39, 0.29) is 0 Å². The van der Waals surface area contributed by atoms with Crippen LogP contribution in [0, 0.1) is 11.8 Å². The molecule has 0 aliphatic heterocycles. The van der Waals surface area contributed by atoms with E-state index in [1.807, 2.05) is 0 Å². The maximum atomic E-state index is 5.73. The zero-order valence-electron chi connectivity index (χ0n) is 13.0. The molecule has 20 heavy (non-hydrogen) atoms. The quantitative estimate of drug-likeness (QED) is 0.641. The van der Waals surface area contributed by atoms with Gasteiger partial charge in [-0.3, -0.25) is 0 Å². The molecule has 114 valence electrons. The molecule has 0 spiro atoms. The largest absolute Gasteiger partial charge is 0.381 e. The highest BCUT2D eigenvalue weighted by Gasteiger charge is 2.10. The fraction of sp³-hybridized carbons (Fsp3) is 0.647. The van der Waals surface area contributed by atoms with Crippen LogP contribution in [-0.2, 0) is 11.2 Å². The van der Waals surface area contributed by atoms with Gasteiger partial charge < -0.3 is 10.1 Å². The summed E-state index contributed by atoms with van der Waals surface area (Å²) < 4.78 is 6.87. The van der Waals surface area contributed by atoms with Crippen LogP contribution >= 0.6 is 15.9 Å². The van der Waals surface area contributed by atoms with Crippen LogP contribution in [-0.4, -0.2) is 26.3 Å². The third-order valence-corrected chi connectivity index (χ3v) is 3.77. The Morgan fingerprint density at radius 1 is 1.20 bits per heavy atom. The van der Waals surface area contributed by atoms with Crippen molar-refractivity contribution in [1.82, 2.24) is 5.32 Å². The fourth-order valence-corrected chi connectivity index (χ4v) is 2.41. The summed E-state index contributed by atoms with van der Waals surface area (Å²) in [6, 6.07) is 8.65. The van der Waals surface area contributed by atoms with Crippen LogP contribution in [0.2, 0.25) is 0 Å². The first-order valence-corrected chi connectivity index (χ1v) is 8.44. The highest BCUT2D eigenvalue weighted by atomic mass is 79.9. The van der Waals surface area contributed by atoms with E-state index in [1.165, 1.54) is 5.56 Å². The molecule has 0 heterocycles. The van der Waals surface area contributed by atoms with Gasteiger partial charge in [-0.05, 0) is 55.5 Å². The van der Waals surface area contributed by atoms with Gasteiger partial charge in [0.15, 0.2) is 0 Å². The topological polar surface area (TPSA) is 21.3 Å². The van der Waals surface area contributed by atoms with Crippen molar-refractivity contribution in [2.75, 3.05) is 26.3 Å². The normalized spacial score (nSPS) is 12.8. The van der Waals surface area contributed by atoms with Gasteiger partial charge in [-0.15, -0.1) is 0 Å². The van der Waals surface area contributed by atoms with Gasteiger partial charge in [-0.25, -0.2) is 0 Å². The molecule has 3 heteroatoms. The maximum Gasteiger partial charge on any atom is 0.0488 e.